The molecule has 0 saturated carbocycles. The van der Waals surface area contributed by atoms with Crippen molar-refractivity contribution in [2.75, 3.05) is 12.4 Å². The van der Waals surface area contributed by atoms with Gasteiger partial charge >= 0.3 is 6.03 Å². The highest BCUT2D eigenvalue weighted by Crippen LogP contribution is 2.21. The van der Waals surface area contributed by atoms with Crippen LogP contribution in [0.4, 0.5) is 10.6 Å². The second-order valence-electron chi connectivity index (χ2n) is 6.76. The molecule has 1 aromatic heterocycles. The van der Waals surface area contributed by atoms with E-state index in [1.54, 1.807) is 7.11 Å². The number of amides is 2. The normalized spacial score (nSPS) is 11.4. The summed E-state index contributed by atoms with van der Waals surface area (Å²) in [6.45, 7) is 9.01. The zero-order chi connectivity index (χ0) is 17.7. The second-order valence-corrected chi connectivity index (χ2v) is 6.76. The third kappa shape index (κ3) is 4.58. The molecular weight excluding hydrogens is 304 g/mol. The van der Waals surface area contributed by atoms with Crippen LogP contribution in [0.3, 0.4) is 0 Å². The second kappa shape index (κ2) is 7.49. The molecule has 0 spiro atoms. The molecular formula is C18H26N4O2. The zero-order valence-electron chi connectivity index (χ0n) is 15.0. The molecule has 0 aliphatic carbocycles. The van der Waals surface area contributed by atoms with Crippen molar-refractivity contribution in [3.05, 3.63) is 47.2 Å². The van der Waals surface area contributed by atoms with Crippen LogP contribution < -0.4 is 10.6 Å². The van der Waals surface area contributed by atoms with Crippen LogP contribution in [-0.4, -0.2) is 22.9 Å². The van der Waals surface area contributed by atoms with Crippen molar-refractivity contribution >= 4 is 11.8 Å². The van der Waals surface area contributed by atoms with Crippen LogP contribution in [0, 0.1) is 6.92 Å². The quantitative estimate of drug-likeness (QED) is 0.883. The first kappa shape index (κ1) is 18.0. The Morgan fingerprint density at radius 2 is 1.92 bits per heavy atom. The van der Waals surface area contributed by atoms with Gasteiger partial charge in [-0.2, -0.15) is 5.10 Å². The smallest absolute Gasteiger partial charge is 0.320 e. The van der Waals surface area contributed by atoms with E-state index in [0.717, 1.165) is 16.8 Å². The Morgan fingerprint density at radius 3 is 2.54 bits per heavy atom. The van der Waals surface area contributed by atoms with Gasteiger partial charge in [0, 0.05) is 19.7 Å². The largest absolute Gasteiger partial charge is 0.380 e. The fourth-order valence-electron chi connectivity index (χ4n) is 2.46. The van der Waals surface area contributed by atoms with Crippen molar-refractivity contribution in [3.63, 3.8) is 0 Å². The first-order valence-electron chi connectivity index (χ1n) is 7.99. The number of hydrogen-bond donors (Lipinski definition) is 2. The van der Waals surface area contributed by atoms with Crippen molar-refractivity contribution in [1.29, 1.82) is 0 Å². The van der Waals surface area contributed by atoms with Crippen molar-refractivity contribution in [1.82, 2.24) is 15.1 Å². The summed E-state index contributed by atoms with van der Waals surface area (Å²) in [5.41, 5.74) is 2.76. The van der Waals surface area contributed by atoms with Crippen LogP contribution in [-0.2, 0) is 23.4 Å². The number of benzene rings is 1. The summed E-state index contributed by atoms with van der Waals surface area (Å²) in [5.74, 6) is 0.683. The zero-order valence-corrected chi connectivity index (χ0v) is 15.0. The molecule has 0 aliphatic rings. The Morgan fingerprint density at radius 1 is 1.25 bits per heavy atom. The summed E-state index contributed by atoms with van der Waals surface area (Å²) in [7, 11) is 1.66. The van der Waals surface area contributed by atoms with E-state index >= 15 is 0 Å². The monoisotopic (exact) mass is 330 g/mol. The summed E-state index contributed by atoms with van der Waals surface area (Å²) >= 11 is 0. The average Bonchev–Trinajstić information content (AvgIpc) is 2.87. The van der Waals surface area contributed by atoms with Gasteiger partial charge in [0.25, 0.3) is 0 Å². The van der Waals surface area contributed by atoms with Gasteiger partial charge in [0.15, 0.2) is 0 Å². The molecule has 24 heavy (non-hydrogen) atoms. The molecule has 0 saturated heterocycles. The fourth-order valence-corrected chi connectivity index (χ4v) is 2.46. The van der Waals surface area contributed by atoms with Crippen LogP contribution in [0.15, 0.2) is 30.3 Å². The van der Waals surface area contributed by atoms with Gasteiger partial charge in [-0.3, -0.25) is 5.32 Å². The van der Waals surface area contributed by atoms with E-state index < -0.39 is 0 Å². The lowest BCUT2D eigenvalue weighted by Gasteiger charge is -2.22. The number of anilines is 1. The Labute approximate surface area is 143 Å². The maximum atomic E-state index is 12.2. The van der Waals surface area contributed by atoms with Gasteiger partial charge in [0.2, 0.25) is 0 Å². The Hall–Kier alpha value is -2.34. The number of urea groups is 1. The molecule has 0 bridgehead atoms. The van der Waals surface area contributed by atoms with Crippen molar-refractivity contribution in [2.24, 2.45) is 0 Å². The van der Waals surface area contributed by atoms with Gasteiger partial charge in [-0.1, -0.05) is 24.3 Å². The van der Waals surface area contributed by atoms with Gasteiger partial charge in [-0.25, -0.2) is 9.48 Å². The molecule has 1 aromatic carbocycles. The van der Waals surface area contributed by atoms with E-state index in [9.17, 15) is 4.79 Å². The number of ether oxygens (including phenoxy) is 1. The van der Waals surface area contributed by atoms with Gasteiger partial charge < -0.3 is 10.1 Å². The van der Waals surface area contributed by atoms with Gasteiger partial charge in [0.1, 0.15) is 5.82 Å². The van der Waals surface area contributed by atoms with Crippen LogP contribution in [0.2, 0.25) is 0 Å². The molecule has 2 aromatic rings. The highest BCUT2D eigenvalue weighted by Gasteiger charge is 2.19. The number of rotatable bonds is 5. The highest BCUT2D eigenvalue weighted by molar-refractivity contribution is 5.88. The Balaban J connectivity index is 2.02. The standard InChI is InChI=1S/C18H26N4O2/c1-13-10-16(22(21-13)18(2,3)4)20-17(23)19-11-14-8-6-7-9-15(14)12-24-5/h6-10H,11-12H2,1-5H3,(H2,19,20,23). The molecule has 2 amide bonds. The highest BCUT2D eigenvalue weighted by atomic mass is 16.5. The molecule has 0 unspecified atom stereocenters. The van der Waals surface area contributed by atoms with Crippen molar-refractivity contribution < 1.29 is 9.53 Å². The van der Waals surface area contributed by atoms with Gasteiger partial charge in [0.05, 0.1) is 17.8 Å². The molecule has 6 heteroatoms. The minimum absolute atomic E-state index is 0.206. The predicted molar refractivity (Wildman–Crippen MR) is 95.0 cm³/mol. The molecule has 0 radical (unpaired) electrons. The van der Waals surface area contributed by atoms with Crippen LogP contribution in [0.25, 0.3) is 0 Å². The predicted octanol–water partition coefficient (Wildman–Crippen LogP) is 3.41. The lowest BCUT2D eigenvalue weighted by molar-refractivity contribution is 0.184. The van der Waals surface area contributed by atoms with Gasteiger partial charge in [-0.15, -0.1) is 0 Å². The number of aromatic nitrogens is 2. The number of hydrogen-bond acceptors (Lipinski definition) is 3. The first-order valence-corrected chi connectivity index (χ1v) is 7.99. The molecule has 0 atom stereocenters. The third-order valence-electron chi connectivity index (χ3n) is 3.57. The minimum atomic E-state index is -0.257. The molecule has 0 fully saturated rings. The van der Waals surface area contributed by atoms with Gasteiger partial charge in [-0.05, 0) is 38.8 Å². The summed E-state index contributed by atoms with van der Waals surface area (Å²) in [5, 5.41) is 10.2. The first-order chi connectivity index (χ1) is 11.3. The number of carbonyl (C=O) groups is 1. The summed E-state index contributed by atoms with van der Waals surface area (Å²) in [4.78, 5) is 12.2. The third-order valence-corrected chi connectivity index (χ3v) is 3.57. The van der Waals surface area contributed by atoms with Crippen LogP contribution in [0.1, 0.15) is 37.6 Å². The van der Waals surface area contributed by atoms with E-state index in [2.05, 4.69) is 15.7 Å². The molecule has 2 rings (SSSR count). The maximum absolute atomic E-state index is 12.2. The molecule has 2 N–H and O–H groups in total. The Bertz CT molecular complexity index is 701. The summed E-state index contributed by atoms with van der Waals surface area (Å²) in [6.07, 6.45) is 0. The van der Waals surface area contributed by atoms with Crippen molar-refractivity contribution in [2.45, 2.75) is 46.4 Å². The number of methoxy groups -OCH3 is 1. The number of carbonyl (C=O) groups excluding carboxylic acids is 1. The van der Waals surface area contributed by atoms with E-state index in [1.165, 1.54) is 0 Å². The van der Waals surface area contributed by atoms with Crippen molar-refractivity contribution in [3.8, 4) is 0 Å². The lowest BCUT2D eigenvalue weighted by atomic mass is 10.1. The molecule has 130 valence electrons. The van der Waals surface area contributed by atoms with E-state index in [4.69, 9.17) is 4.74 Å². The number of nitrogens with one attached hydrogen (secondary N) is 2. The SMILES string of the molecule is COCc1ccccc1CNC(=O)Nc1cc(C)nn1C(C)(C)C. The topological polar surface area (TPSA) is 68.2 Å². The molecule has 6 nitrogen and oxygen atoms in total. The Kier molecular flexibility index (Phi) is 5.62. The van der Waals surface area contributed by atoms with E-state index in [0.29, 0.717) is 19.0 Å². The number of nitrogens with zero attached hydrogens (tertiary/aromatic N) is 2. The summed E-state index contributed by atoms with van der Waals surface area (Å²) in [6, 6.07) is 9.50. The fraction of sp³-hybridized carbons (Fsp3) is 0.444. The summed E-state index contributed by atoms with van der Waals surface area (Å²) < 4.78 is 7.01. The average molecular weight is 330 g/mol. The van der Waals surface area contributed by atoms with Crippen LogP contribution >= 0.6 is 0 Å². The van der Waals surface area contributed by atoms with Crippen LogP contribution in [0.5, 0.6) is 0 Å². The number of aryl methyl sites for hydroxylation is 1. The van der Waals surface area contributed by atoms with E-state index in [1.807, 2.05) is 62.7 Å². The maximum Gasteiger partial charge on any atom is 0.320 e. The minimum Gasteiger partial charge on any atom is -0.380 e. The molecule has 0 aliphatic heterocycles. The van der Waals surface area contributed by atoms with E-state index in [-0.39, 0.29) is 11.6 Å². The lowest BCUT2D eigenvalue weighted by Crippen LogP contribution is -2.32. The molecule has 1 heterocycles.